The van der Waals surface area contributed by atoms with E-state index in [1.54, 1.807) is 6.20 Å². The molecule has 3 rings (SSSR count). The van der Waals surface area contributed by atoms with E-state index < -0.39 is 5.67 Å². The summed E-state index contributed by atoms with van der Waals surface area (Å²) in [6.45, 7) is 7.80. The highest BCUT2D eigenvalue weighted by Gasteiger charge is 2.38. The summed E-state index contributed by atoms with van der Waals surface area (Å²) < 4.78 is 15.3. The van der Waals surface area contributed by atoms with Crippen molar-refractivity contribution in [2.75, 3.05) is 18.0 Å². The molecule has 3 heteroatoms. The smallest absolute Gasteiger partial charge is 0.156 e. The van der Waals surface area contributed by atoms with Crippen LogP contribution in [0.1, 0.15) is 49.4 Å². The van der Waals surface area contributed by atoms with Crippen molar-refractivity contribution in [3.63, 3.8) is 0 Å². The third-order valence-corrected chi connectivity index (χ3v) is 4.91. The number of piperidine rings is 1. The Morgan fingerprint density at radius 1 is 1.09 bits per heavy atom. The minimum absolute atomic E-state index is 0.497. The number of aromatic nitrogens is 1. The number of nitrogens with zero attached hydrogens (tertiary/aromatic N) is 2. The first-order valence-corrected chi connectivity index (χ1v) is 8.45. The number of hydrogen-bond acceptors (Lipinski definition) is 2. The molecule has 0 N–H and O–H groups in total. The van der Waals surface area contributed by atoms with Gasteiger partial charge in [0.1, 0.15) is 0 Å². The van der Waals surface area contributed by atoms with Crippen LogP contribution < -0.4 is 4.90 Å². The molecular weight excluding hydrogens is 287 g/mol. The van der Waals surface area contributed by atoms with Gasteiger partial charge in [0.25, 0.3) is 0 Å². The Bertz CT molecular complexity index is 656. The lowest BCUT2D eigenvalue weighted by atomic mass is 9.87. The number of pyridine rings is 1. The van der Waals surface area contributed by atoms with E-state index in [0.29, 0.717) is 24.5 Å². The fourth-order valence-electron chi connectivity index (χ4n) is 3.38. The third kappa shape index (κ3) is 3.24. The van der Waals surface area contributed by atoms with Crippen LogP contribution in [0.4, 0.5) is 10.1 Å². The van der Waals surface area contributed by atoms with E-state index in [4.69, 9.17) is 0 Å². The predicted molar refractivity (Wildman–Crippen MR) is 93.7 cm³/mol. The maximum Gasteiger partial charge on any atom is 0.156 e. The molecule has 0 bridgehead atoms. The molecule has 1 aliphatic rings. The van der Waals surface area contributed by atoms with Gasteiger partial charge < -0.3 is 4.90 Å². The summed E-state index contributed by atoms with van der Waals surface area (Å²) in [5.41, 5.74) is 2.81. The van der Waals surface area contributed by atoms with E-state index in [9.17, 15) is 0 Å². The van der Waals surface area contributed by atoms with Gasteiger partial charge in [0.15, 0.2) is 5.67 Å². The van der Waals surface area contributed by atoms with Crippen LogP contribution >= 0.6 is 0 Å². The van der Waals surface area contributed by atoms with Gasteiger partial charge in [-0.15, -0.1) is 0 Å². The number of halogens is 1. The molecule has 0 saturated carbocycles. The third-order valence-electron chi connectivity index (χ3n) is 4.91. The van der Waals surface area contributed by atoms with Crippen molar-refractivity contribution in [2.24, 2.45) is 0 Å². The number of aryl methyl sites for hydroxylation is 1. The molecule has 1 saturated heterocycles. The number of benzene rings is 1. The van der Waals surface area contributed by atoms with Crippen molar-refractivity contribution in [3.05, 3.63) is 59.4 Å². The van der Waals surface area contributed by atoms with E-state index in [2.05, 4.69) is 48.0 Å². The normalized spacial score (nSPS) is 17.5. The minimum Gasteiger partial charge on any atom is -0.371 e. The molecule has 0 aliphatic carbocycles. The summed E-state index contributed by atoms with van der Waals surface area (Å²) in [5, 5.41) is 0. The standard InChI is InChI=1S/C20H25FN2/c1-15(2)17-6-8-18(9-7-17)23-13-10-20(21,11-14-23)19-16(3)5-4-12-22-19/h4-9,12,15H,10-11,13-14H2,1-3H3. The average Bonchev–Trinajstić information content (AvgIpc) is 2.56. The van der Waals surface area contributed by atoms with Gasteiger partial charge in [0, 0.05) is 37.8 Å². The molecule has 0 unspecified atom stereocenters. The Labute approximate surface area is 138 Å². The Balaban J connectivity index is 1.72. The number of hydrogen-bond donors (Lipinski definition) is 0. The van der Waals surface area contributed by atoms with Crippen molar-refractivity contribution in [3.8, 4) is 0 Å². The lowest BCUT2D eigenvalue weighted by Crippen LogP contribution is -2.41. The second-order valence-corrected chi connectivity index (χ2v) is 6.87. The van der Waals surface area contributed by atoms with E-state index in [0.717, 1.165) is 18.7 Å². The molecule has 2 nitrogen and oxygen atoms in total. The summed E-state index contributed by atoms with van der Waals surface area (Å²) in [6, 6.07) is 12.5. The zero-order valence-electron chi connectivity index (χ0n) is 14.2. The molecule has 23 heavy (non-hydrogen) atoms. The quantitative estimate of drug-likeness (QED) is 0.794. The van der Waals surface area contributed by atoms with Crippen molar-refractivity contribution in [2.45, 2.75) is 45.2 Å². The van der Waals surface area contributed by atoms with Gasteiger partial charge in [-0.2, -0.15) is 0 Å². The highest BCUT2D eigenvalue weighted by molar-refractivity contribution is 5.49. The second kappa shape index (κ2) is 6.31. The van der Waals surface area contributed by atoms with Crippen LogP contribution in [0, 0.1) is 6.92 Å². The van der Waals surface area contributed by atoms with Crippen molar-refractivity contribution >= 4 is 5.69 Å². The fourth-order valence-corrected chi connectivity index (χ4v) is 3.38. The maximum absolute atomic E-state index is 15.3. The zero-order valence-corrected chi connectivity index (χ0v) is 14.2. The fraction of sp³-hybridized carbons (Fsp3) is 0.450. The SMILES string of the molecule is Cc1cccnc1C1(F)CCN(c2ccc(C(C)C)cc2)CC1. The average molecular weight is 312 g/mol. The molecule has 1 aromatic heterocycles. The van der Waals surface area contributed by atoms with Crippen LogP contribution in [0.25, 0.3) is 0 Å². The minimum atomic E-state index is -1.29. The Morgan fingerprint density at radius 3 is 2.30 bits per heavy atom. The molecule has 1 aromatic carbocycles. The van der Waals surface area contributed by atoms with Crippen LogP contribution in [0.3, 0.4) is 0 Å². The topological polar surface area (TPSA) is 16.1 Å². The first-order valence-electron chi connectivity index (χ1n) is 8.45. The summed E-state index contributed by atoms with van der Waals surface area (Å²) in [5.74, 6) is 0.538. The first-order chi connectivity index (χ1) is 11.0. The largest absolute Gasteiger partial charge is 0.371 e. The molecule has 0 amide bonds. The summed E-state index contributed by atoms with van der Waals surface area (Å²) in [7, 11) is 0. The molecule has 0 atom stereocenters. The van der Waals surface area contributed by atoms with Gasteiger partial charge in [-0.25, -0.2) is 4.39 Å². The van der Waals surface area contributed by atoms with Gasteiger partial charge >= 0.3 is 0 Å². The molecule has 2 heterocycles. The molecular formula is C20H25FN2. The Morgan fingerprint density at radius 2 is 1.74 bits per heavy atom. The van der Waals surface area contributed by atoms with Gasteiger partial charge in [0.2, 0.25) is 0 Å². The van der Waals surface area contributed by atoms with E-state index >= 15 is 4.39 Å². The number of anilines is 1. The molecule has 0 radical (unpaired) electrons. The summed E-state index contributed by atoms with van der Waals surface area (Å²) >= 11 is 0. The summed E-state index contributed by atoms with van der Waals surface area (Å²) in [4.78, 5) is 6.59. The van der Waals surface area contributed by atoms with E-state index in [-0.39, 0.29) is 0 Å². The van der Waals surface area contributed by atoms with Crippen molar-refractivity contribution < 1.29 is 4.39 Å². The van der Waals surface area contributed by atoms with Crippen LogP contribution in [0.5, 0.6) is 0 Å². The van der Waals surface area contributed by atoms with Crippen LogP contribution in [-0.4, -0.2) is 18.1 Å². The monoisotopic (exact) mass is 312 g/mol. The van der Waals surface area contributed by atoms with Crippen molar-refractivity contribution in [1.29, 1.82) is 0 Å². The molecule has 122 valence electrons. The molecule has 1 fully saturated rings. The predicted octanol–water partition coefficient (Wildman–Crippen LogP) is 4.98. The lowest BCUT2D eigenvalue weighted by Gasteiger charge is -2.38. The van der Waals surface area contributed by atoms with Gasteiger partial charge in [0.05, 0.1) is 5.69 Å². The van der Waals surface area contributed by atoms with Crippen molar-refractivity contribution in [1.82, 2.24) is 4.98 Å². The zero-order chi connectivity index (χ0) is 16.4. The van der Waals surface area contributed by atoms with Gasteiger partial charge in [-0.1, -0.05) is 32.0 Å². The highest BCUT2D eigenvalue weighted by Crippen LogP contribution is 2.38. The molecule has 0 spiro atoms. The maximum atomic E-state index is 15.3. The van der Waals surface area contributed by atoms with E-state index in [1.807, 2.05) is 19.1 Å². The van der Waals surface area contributed by atoms with Crippen LogP contribution in [-0.2, 0) is 5.67 Å². The summed E-state index contributed by atoms with van der Waals surface area (Å²) in [6.07, 6.45) is 2.69. The second-order valence-electron chi connectivity index (χ2n) is 6.87. The number of alkyl halides is 1. The Kier molecular flexibility index (Phi) is 4.38. The number of rotatable bonds is 3. The van der Waals surface area contributed by atoms with Crippen LogP contribution in [0.2, 0.25) is 0 Å². The molecule has 2 aromatic rings. The Hall–Kier alpha value is -1.90. The van der Waals surface area contributed by atoms with Crippen LogP contribution in [0.15, 0.2) is 42.6 Å². The van der Waals surface area contributed by atoms with E-state index in [1.165, 1.54) is 11.3 Å². The first kappa shape index (κ1) is 16.0. The van der Waals surface area contributed by atoms with Gasteiger partial charge in [-0.05, 0) is 42.2 Å². The lowest BCUT2D eigenvalue weighted by molar-refractivity contribution is 0.118. The highest BCUT2D eigenvalue weighted by atomic mass is 19.1. The van der Waals surface area contributed by atoms with Gasteiger partial charge in [-0.3, -0.25) is 4.98 Å². The molecule has 1 aliphatic heterocycles.